The van der Waals surface area contributed by atoms with Gasteiger partial charge in [-0.15, -0.1) is 16.4 Å². The second kappa shape index (κ2) is 9.67. The fraction of sp³-hybridized carbons (Fsp3) is 0.118. The van der Waals surface area contributed by atoms with Crippen molar-refractivity contribution in [3.8, 4) is 0 Å². The van der Waals surface area contributed by atoms with E-state index in [1.54, 1.807) is 35.6 Å². The lowest BCUT2D eigenvalue weighted by Crippen LogP contribution is -2.14. The molecule has 3 rings (SSSR count). The summed E-state index contributed by atoms with van der Waals surface area (Å²) < 4.78 is 24.6. The van der Waals surface area contributed by atoms with E-state index in [1.165, 1.54) is 11.8 Å². The summed E-state index contributed by atoms with van der Waals surface area (Å²) in [4.78, 5) is 17.8. The average molecular weight is 425 g/mol. The maximum absolute atomic E-state index is 12.3. The molecule has 5 nitrogen and oxygen atoms in total. The Balaban J connectivity index is 1.46. The summed E-state index contributed by atoms with van der Waals surface area (Å²) in [5.41, 5.74) is 0.550. The van der Waals surface area contributed by atoms with Crippen molar-refractivity contribution in [2.75, 3.05) is 11.1 Å². The van der Waals surface area contributed by atoms with Gasteiger partial charge < -0.3 is 5.32 Å². The number of benzene rings is 1. The van der Waals surface area contributed by atoms with Crippen molar-refractivity contribution in [2.24, 2.45) is 0 Å². The number of H-pyrrole nitrogens is 1. The fourth-order valence-corrected chi connectivity index (χ4v) is 3.71. The van der Waals surface area contributed by atoms with Crippen molar-refractivity contribution in [1.29, 1.82) is 0 Å². The van der Waals surface area contributed by atoms with Gasteiger partial charge in [0.2, 0.25) is 11.1 Å². The molecular weight excluding hydrogens is 410 g/mol. The maximum atomic E-state index is 12.3. The zero-order valence-electron chi connectivity index (χ0n) is 13.8. The molecule has 0 spiro atoms. The summed E-state index contributed by atoms with van der Waals surface area (Å²) in [7, 11) is 0. The summed E-state index contributed by atoms with van der Waals surface area (Å²) in [6.45, 7) is 0. The third kappa shape index (κ3) is 6.49. The molecule has 0 bridgehead atoms. The minimum Gasteiger partial charge on any atom is -0.325 e. The van der Waals surface area contributed by atoms with E-state index in [-0.39, 0.29) is 11.7 Å². The number of halogens is 2. The van der Waals surface area contributed by atoms with Crippen LogP contribution in [0.4, 0.5) is 14.5 Å². The van der Waals surface area contributed by atoms with Crippen molar-refractivity contribution in [1.82, 2.24) is 15.2 Å². The Morgan fingerprint density at radius 1 is 1.26 bits per heavy atom. The molecule has 2 aromatic heterocycles. The number of hydrogen-bond donors (Lipinski definition) is 2. The van der Waals surface area contributed by atoms with Crippen LogP contribution in [0.1, 0.15) is 10.7 Å². The predicted octanol–water partition coefficient (Wildman–Crippen LogP) is 5.08. The number of nitrogens with one attached hydrogen (secondary N) is 2. The van der Waals surface area contributed by atoms with Gasteiger partial charge >= 0.3 is 0 Å². The van der Waals surface area contributed by atoms with Crippen LogP contribution in [0.25, 0.3) is 12.2 Å². The van der Waals surface area contributed by atoms with Crippen LogP contribution in [-0.4, -0.2) is 32.6 Å². The number of amides is 1. The van der Waals surface area contributed by atoms with Crippen LogP contribution in [0.3, 0.4) is 0 Å². The zero-order chi connectivity index (χ0) is 19.1. The number of aromatic nitrogens is 3. The van der Waals surface area contributed by atoms with Gasteiger partial charge in [0, 0.05) is 15.5 Å². The molecule has 0 aliphatic heterocycles. The Bertz CT molecular complexity index is 895. The van der Waals surface area contributed by atoms with Crippen molar-refractivity contribution in [3.05, 3.63) is 52.5 Å². The summed E-state index contributed by atoms with van der Waals surface area (Å²) in [6.07, 6.45) is 3.75. The monoisotopic (exact) mass is 424 g/mol. The molecule has 0 radical (unpaired) electrons. The van der Waals surface area contributed by atoms with Crippen LogP contribution in [0.15, 0.2) is 51.8 Å². The van der Waals surface area contributed by atoms with E-state index in [1.807, 2.05) is 29.7 Å². The van der Waals surface area contributed by atoms with Crippen LogP contribution in [-0.2, 0) is 4.79 Å². The Morgan fingerprint density at radius 2 is 2.07 bits per heavy atom. The first-order valence-corrected chi connectivity index (χ1v) is 10.4. The topological polar surface area (TPSA) is 70.7 Å². The van der Waals surface area contributed by atoms with Crippen LogP contribution in [0.2, 0.25) is 0 Å². The summed E-state index contributed by atoms with van der Waals surface area (Å²) in [6, 6.07) is 10.2. The fourth-order valence-electron chi connectivity index (χ4n) is 1.99. The SMILES string of the molecule is O=C(CSc1n[nH]c(/C=C/c2cccs2)n1)Nc1ccc(SC(F)F)cc1. The minimum absolute atomic E-state index is 0.138. The van der Waals surface area contributed by atoms with Crippen LogP contribution >= 0.6 is 34.9 Å². The van der Waals surface area contributed by atoms with Gasteiger partial charge in [-0.25, -0.2) is 4.98 Å². The van der Waals surface area contributed by atoms with Gasteiger partial charge in [0.1, 0.15) is 5.82 Å². The van der Waals surface area contributed by atoms with E-state index >= 15 is 0 Å². The molecular formula is C17H14F2N4OS3. The first kappa shape index (κ1) is 19.6. The highest BCUT2D eigenvalue weighted by molar-refractivity contribution is 8.00. The van der Waals surface area contributed by atoms with Gasteiger partial charge in [-0.2, -0.15) is 8.78 Å². The Hall–Kier alpha value is -2.17. The van der Waals surface area contributed by atoms with Gasteiger partial charge in [-0.1, -0.05) is 29.6 Å². The largest absolute Gasteiger partial charge is 0.325 e. The molecule has 0 fully saturated rings. The number of hydrogen-bond acceptors (Lipinski definition) is 6. The number of aromatic amines is 1. The lowest BCUT2D eigenvalue weighted by atomic mass is 10.3. The molecule has 1 aromatic carbocycles. The maximum Gasteiger partial charge on any atom is 0.288 e. The molecule has 0 saturated carbocycles. The molecule has 2 heterocycles. The van der Waals surface area contributed by atoms with Crippen molar-refractivity contribution >= 4 is 58.6 Å². The minimum atomic E-state index is -2.46. The number of carbonyl (C=O) groups is 1. The first-order chi connectivity index (χ1) is 13.1. The molecule has 0 saturated heterocycles. The van der Waals surface area contributed by atoms with Crippen molar-refractivity contribution < 1.29 is 13.6 Å². The quantitative estimate of drug-likeness (QED) is 0.494. The van der Waals surface area contributed by atoms with Crippen LogP contribution < -0.4 is 5.32 Å². The highest BCUT2D eigenvalue weighted by Crippen LogP contribution is 2.26. The van der Waals surface area contributed by atoms with Crippen LogP contribution in [0.5, 0.6) is 0 Å². The van der Waals surface area contributed by atoms with Gasteiger partial charge in [0.15, 0.2) is 0 Å². The van der Waals surface area contributed by atoms with E-state index in [0.29, 0.717) is 33.3 Å². The smallest absolute Gasteiger partial charge is 0.288 e. The number of nitrogens with zero attached hydrogens (tertiary/aromatic N) is 2. The molecule has 10 heteroatoms. The van der Waals surface area contributed by atoms with Gasteiger partial charge in [-0.05, 0) is 47.9 Å². The third-order valence-electron chi connectivity index (χ3n) is 3.13. The third-order valence-corrected chi connectivity index (χ3v) is 5.53. The normalized spacial score (nSPS) is 11.4. The predicted molar refractivity (Wildman–Crippen MR) is 107 cm³/mol. The average Bonchev–Trinajstić information content (AvgIpc) is 3.31. The van der Waals surface area contributed by atoms with Gasteiger partial charge in [0.05, 0.1) is 5.75 Å². The Morgan fingerprint density at radius 3 is 2.78 bits per heavy atom. The van der Waals surface area contributed by atoms with E-state index < -0.39 is 5.76 Å². The van der Waals surface area contributed by atoms with Gasteiger partial charge in [0.25, 0.3) is 5.76 Å². The summed E-state index contributed by atoms with van der Waals surface area (Å²) in [5.74, 6) is -1.94. The highest BCUT2D eigenvalue weighted by Gasteiger charge is 2.08. The van der Waals surface area contributed by atoms with E-state index in [9.17, 15) is 13.6 Å². The number of anilines is 1. The second-order valence-corrected chi connectivity index (χ2v) is 8.08. The molecule has 3 aromatic rings. The summed E-state index contributed by atoms with van der Waals surface area (Å²) >= 11 is 3.29. The Labute approximate surface area is 166 Å². The molecule has 27 heavy (non-hydrogen) atoms. The van der Waals surface area contributed by atoms with E-state index in [2.05, 4.69) is 20.5 Å². The molecule has 2 N–H and O–H groups in total. The molecule has 0 aliphatic carbocycles. The van der Waals surface area contributed by atoms with Gasteiger partial charge in [-0.3, -0.25) is 9.89 Å². The number of rotatable bonds is 8. The lowest BCUT2D eigenvalue weighted by molar-refractivity contribution is -0.113. The highest BCUT2D eigenvalue weighted by atomic mass is 32.2. The molecule has 0 aliphatic rings. The molecule has 140 valence electrons. The standard InChI is InChI=1S/C17H14F2N4OS3/c18-16(19)27-13-5-3-11(4-6-13)20-15(24)10-26-17-21-14(22-23-17)8-7-12-2-1-9-25-12/h1-9,16H,10H2,(H,20,24)(H,21,22,23)/b8-7+. The number of alkyl halides is 2. The Kier molecular flexibility index (Phi) is 7.02. The van der Waals surface area contributed by atoms with E-state index in [0.717, 1.165) is 4.88 Å². The van der Waals surface area contributed by atoms with Crippen molar-refractivity contribution in [2.45, 2.75) is 15.8 Å². The molecule has 0 atom stereocenters. The first-order valence-electron chi connectivity index (χ1n) is 7.70. The number of thioether (sulfide) groups is 2. The van der Waals surface area contributed by atoms with Crippen molar-refractivity contribution in [3.63, 3.8) is 0 Å². The van der Waals surface area contributed by atoms with E-state index in [4.69, 9.17) is 0 Å². The molecule has 1 amide bonds. The summed E-state index contributed by atoms with van der Waals surface area (Å²) in [5, 5.41) is 12.0. The molecule has 0 unspecified atom stereocenters. The lowest BCUT2D eigenvalue weighted by Gasteiger charge is -2.05. The second-order valence-electron chi connectivity index (χ2n) is 5.09. The number of thiophene rings is 1. The zero-order valence-corrected chi connectivity index (χ0v) is 16.2. The number of carbonyl (C=O) groups excluding carboxylic acids is 1. The van der Waals surface area contributed by atoms with Crippen LogP contribution in [0, 0.1) is 0 Å².